The smallest absolute Gasteiger partial charge is 0.161 e. The summed E-state index contributed by atoms with van der Waals surface area (Å²) in [5.74, 6) is -3.32. The Balaban J connectivity index is 0.00000200. The molecule has 0 radical (unpaired) electrons. The first-order valence-electron chi connectivity index (χ1n) is 6.59. The van der Waals surface area contributed by atoms with E-state index in [1.165, 1.54) is 0 Å². The predicted molar refractivity (Wildman–Crippen MR) is 73.1 cm³/mol. The predicted octanol–water partition coefficient (Wildman–Crippen LogP) is 3.47. The number of aliphatic hydroxyl groups is 1. The first-order valence-corrected chi connectivity index (χ1v) is 6.59. The summed E-state index contributed by atoms with van der Waals surface area (Å²) >= 11 is 0. The molecule has 1 aliphatic rings. The lowest BCUT2D eigenvalue weighted by molar-refractivity contribution is 0.0606. The van der Waals surface area contributed by atoms with Crippen LogP contribution in [0.5, 0.6) is 0 Å². The summed E-state index contributed by atoms with van der Waals surface area (Å²) in [7, 11) is 0. The highest BCUT2D eigenvalue weighted by Gasteiger charge is 2.29. The number of nitrogens with two attached hydrogens (primary N) is 1. The van der Waals surface area contributed by atoms with Crippen molar-refractivity contribution in [3.63, 3.8) is 0 Å². The van der Waals surface area contributed by atoms with Gasteiger partial charge in [0.1, 0.15) is 5.82 Å². The summed E-state index contributed by atoms with van der Waals surface area (Å²) in [6.45, 7) is 0. The second-order valence-corrected chi connectivity index (χ2v) is 5.20. The molecular weight excluding hydrogens is 291 g/mol. The highest BCUT2D eigenvalue weighted by atomic mass is 35.5. The number of aliphatic hydroxyl groups excluding tert-OH is 1. The third-order valence-corrected chi connectivity index (χ3v) is 3.90. The minimum Gasteiger partial charge on any atom is -0.391 e. The Morgan fingerprint density at radius 2 is 1.55 bits per heavy atom. The van der Waals surface area contributed by atoms with Crippen LogP contribution in [0.15, 0.2) is 12.1 Å². The number of benzene rings is 1. The zero-order valence-electron chi connectivity index (χ0n) is 11.0. The molecule has 3 N–H and O–H groups in total. The van der Waals surface area contributed by atoms with Crippen molar-refractivity contribution < 1.29 is 18.3 Å². The van der Waals surface area contributed by atoms with Crippen molar-refractivity contribution >= 4 is 12.4 Å². The average Bonchev–Trinajstić information content (AvgIpc) is 2.42. The van der Waals surface area contributed by atoms with Crippen molar-refractivity contribution in [2.45, 2.75) is 44.2 Å². The van der Waals surface area contributed by atoms with E-state index in [0.29, 0.717) is 6.07 Å². The molecule has 0 aromatic heterocycles. The fraction of sp³-hybridized carbons (Fsp3) is 0.571. The second kappa shape index (κ2) is 7.29. The van der Waals surface area contributed by atoms with Gasteiger partial charge in [-0.15, -0.1) is 12.4 Å². The van der Waals surface area contributed by atoms with Gasteiger partial charge < -0.3 is 10.8 Å². The highest BCUT2D eigenvalue weighted by Crippen LogP contribution is 2.32. The van der Waals surface area contributed by atoms with E-state index >= 15 is 0 Å². The number of halogens is 4. The molecule has 1 saturated carbocycles. The molecule has 0 bridgehead atoms. The van der Waals surface area contributed by atoms with Gasteiger partial charge in [0.2, 0.25) is 0 Å². The Morgan fingerprint density at radius 3 is 2.15 bits per heavy atom. The summed E-state index contributed by atoms with van der Waals surface area (Å²) in [6.07, 6.45) is 3.88. The van der Waals surface area contributed by atoms with E-state index in [1.54, 1.807) is 0 Å². The lowest BCUT2D eigenvalue weighted by atomic mass is 9.81. The Kier molecular flexibility index (Phi) is 6.30. The SMILES string of the molecule is Cl.N[C@H](c1cc(F)c(F)cc1F)[C@@H](O)C1CCCCC1. The molecular formula is C14H19ClF3NO. The van der Waals surface area contributed by atoms with Gasteiger partial charge >= 0.3 is 0 Å². The molecule has 1 fully saturated rings. The summed E-state index contributed by atoms with van der Waals surface area (Å²) in [6, 6.07) is 0.178. The van der Waals surface area contributed by atoms with Crippen LogP contribution in [-0.2, 0) is 0 Å². The van der Waals surface area contributed by atoms with Crippen LogP contribution < -0.4 is 5.73 Å². The van der Waals surface area contributed by atoms with E-state index in [-0.39, 0.29) is 23.9 Å². The van der Waals surface area contributed by atoms with Gasteiger partial charge in [-0.2, -0.15) is 0 Å². The van der Waals surface area contributed by atoms with Crippen molar-refractivity contribution in [3.8, 4) is 0 Å². The fourth-order valence-electron chi connectivity index (χ4n) is 2.75. The molecule has 1 aromatic carbocycles. The molecule has 0 aliphatic heterocycles. The summed E-state index contributed by atoms with van der Waals surface area (Å²) in [5, 5.41) is 10.2. The van der Waals surface area contributed by atoms with Gasteiger partial charge in [0.15, 0.2) is 11.6 Å². The fourth-order valence-corrected chi connectivity index (χ4v) is 2.75. The molecule has 0 saturated heterocycles. The van der Waals surface area contributed by atoms with Gasteiger partial charge in [0, 0.05) is 11.6 Å². The molecule has 0 unspecified atom stereocenters. The van der Waals surface area contributed by atoms with Crippen LogP contribution in [0.1, 0.15) is 43.7 Å². The van der Waals surface area contributed by atoms with Crippen molar-refractivity contribution in [2.24, 2.45) is 11.7 Å². The Labute approximate surface area is 122 Å². The topological polar surface area (TPSA) is 46.2 Å². The highest BCUT2D eigenvalue weighted by molar-refractivity contribution is 5.85. The van der Waals surface area contributed by atoms with E-state index in [2.05, 4.69) is 0 Å². The molecule has 114 valence electrons. The molecule has 20 heavy (non-hydrogen) atoms. The van der Waals surface area contributed by atoms with Gasteiger partial charge in [0.05, 0.1) is 12.1 Å². The molecule has 6 heteroatoms. The third-order valence-electron chi connectivity index (χ3n) is 3.90. The minimum atomic E-state index is -1.25. The van der Waals surface area contributed by atoms with Crippen molar-refractivity contribution in [2.75, 3.05) is 0 Å². The van der Waals surface area contributed by atoms with E-state index in [1.807, 2.05) is 0 Å². The van der Waals surface area contributed by atoms with Crippen LogP contribution in [0.3, 0.4) is 0 Å². The number of hydrogen-bond acceptors (Lipinski definition) is 2. The van der Waals surface area contributed by atoms with Gasteiger partial charge in [-0.25, -0.2) is 13.2 Å². The van der Waals surface area contributed by atoms with Crippen LogP contribution in [0, 0.1) is 23.4 Å². The largest absolute Gasteiger partial charge is 0.391 e. The molecule has 0 spiro atoms. The van der Waals surface area contributed by atoms with Gasteiger partial charge in [-0.1, -0.05) is 19.3 Å². The van der Waals surface area contributed by atoms with E-state index in [9.17, 15) is 18.3 Å². The van der Waals surface area contributed by atoms with E-state index in [0.717, 1.165) is 38.2 Å². The van der Waals surface area contributed by atoms with Crippen molar-refractivity contribution in [3.05, 3.63) is 35.1 Å². The van der Waals surface area contributed by atoms with E-state index in [4.69, 9.17) is 5.73 Å². The molecule has 1 aliphatic carbocycles. The maximum absolute atomic E-state index is 13.6. The van der Waals surface area contributed by atoms with Crippen molar-refractivity contribution in [1.82, 2.24) is 0 Å². The molecule has 0 amide bonds. The Morgan fingerprint density at radius 1 is 1.00 bits per heavy atom. The zero-order chi connectivity index (χ0) is 14.0. The summed E-state index contributed by atoms with van der Waals surface area (Å²) in [5.41, 5.74) is 5.64. The van der Waals surface area contributed by atoms with Crippen LogP contribution in [0.25, 0.3) is 0 Å². The minimum absolute atomic E-state index is 0. The summed E-state index contributed by atoms with van der Waals surface area (Å²) in [4.78, 5) is 0. The first-order chi connectivity index (χ1) is 9.00. The standard InChI is InChI=1S/C14H18F3NO.ClH/c15-10-7-12(17)11(16)6-9(10)13(18)14(19)8-4-2-1-3-5-8;/h6-8,13-14,19H,1-5,18H2;1H/t13-,14+;/m1./s1. The van der Waals surface area contributed by atoms with Gasteiger partial charge in [-0.3, -0.25) is 0 Å². The van der Waals surface area contributed by atoms with Crippen LogP contribution in [0.2, 0.25) is 0 Å². The molecule has 0 heterocycles. The second-order valence-electron chi connectivity index (χ2n) is 5.20. The molecule has 2 atom stereocenters. The number of hydrogen-bond donors (Lipinski definition) is 2. The lowest BCUT2D eigenvalue weighted by Crippen LogP contribution is -2.34. The first kappa shape index (κ1) is 17.3. The number of rotatable bonds is 3. The summed E-state index contributed by atoms with van der Waals surface area (Å²) < 4.78 is 39.6. The van der Waals surface area contributed by atoms with Crippen LogP contribution in [0.4, 0.5) is 13.2 Å². The van der Waals surface area contributed by atoms with Crippen LogP contribution >= 0.6 is 12.4 Å². The average molecular weight is 310 g/mol. The van der Waals surface area contributed by atoms with Gasteiger partial charge in [0.25, 0.3) is 0 Å². The maximum Gasteiger partial charge on any atom is 0.161 e. The Hall–Kier alpha value is -0.780. The normalized spacial score (nSPS) is 19.2. The lowest BCUT2D eigenvalue weighted by Gasteiger charge is -2.30. The molecule has 2 nitrogen and oxygen atoms in total. The third kappa shape index (κ3) is 3.65. The quantitative estimate of drug-likeness (QED) is 0.840. The molecule has 2 rings (SSSR count). The maximum atomic E-state index is 13.6. The zero-order valence-corrected chi connectivity index (χ0v) is 11.8. The van der Waals surface area contributed by atoms with Gasteiger partial charge in [-0.05, 0) is 24.8 Å². The van der Waals surface area contributed by atoms with Crippen LogP contribution in [-0.4, -0.2) is 11.2 Å². The Bertz CT molecular complexity index is 452. The molecule has 1 aromatic rings. The van der Waals surface area contributed by atoms with E-state index < -0.39 is 29.6 Å². The monoisotopic (exact) mass is 309 g/mol. The van der Waals surface area contributed by atoms with Crippen molar-refractivity contribution in [1.29, 1.82) is 0 Å².